The molecular weight excluding hydrogens is 298 g/mol. The van der Waals surface area contributed by atoms with Crippen LogP contribution in [-0.2, 0) is 35.5 Å². The van der Waals surface area contributed by atoms with Crippen molar-refractivity contribution in [3.8, 4) is 0 Å². The average molecular weight is 319 g/mol. The number of amides is 1. The van der Waals surface area contributed by atoms with Gasteiger partial charge in [-0.1, -0.05) is 6.92 Å². The van der Waals surface area contributed by atoms with Crippen LogP contribution >= 0.6 is 0 Å². The van der Waals surface area contributed by atoms with Crippen molar-refractivity contribution in [1.29, 1.82) is 0 Å². The quantitative estimate of drug-likeness (QED) is 0.682. The molecule has 3 N–H and O–H groups in total. The number of aromatic amines is 2. The topological polar surface area (TPSA) is 113 Å². The van der Waals surface area contributed by atoms with Gasteiger partial charge in [-0.25, -0.2) is 4.98 Å². The van der Waals surface area contributed by atoms with Crippen LogP contribution in [0.5, 0.6) is 0 Å². The van der Waals surface area contributed by atoms with Crippen molar-refractivity contribution in [1.82, 2.24) is 25.5 Å². The molecule has 2 rings (SSSR count). The smallest absolute Gasteiger partial charge is 0.254 e. The molecule has 2 aromatic rings. The lowest BCUT2D eigenvalue weighted by Gasteiger charge is -2.07. The van der Waals surface area contributed by atoms with Crippen molar-refractivity contribution < 1.29 is 9.53 Å². The SMILES string of the molecule is CCc1nc(C)c(CC(=O)NCc2cc(COC)n[nH]2)c(=O)[nH]1. The molecule has 0 unspecified atom stereocenters. The number of nitrogens with zero attached hydrogens (tertiary/aromatic N) is 2. The summed E-state index contributed by atoms with van der Waals surface area (Å²) in [4.78, 5) is 31.0. The van der Waals surface area contributed by atoms with Gasteiger partial charge in [0.2, 0.25) is 5.91 Å². The Morgan fingerprint density at radius 2 is 2.22 bits per heavy atom. The lowest BCUT2D eigenvalue weighted by Crippen LogP contribution is -2.29. The molecule has 0 spiro atoms. The molecule has 1 amide bonds. The molecule has 0 aliphatic heterocycles. The van der Waals surface area contributed by atoms with Crippen LogP contribution < -0.4 is 10.9 Å². The van der Waals surface area contributed by atoms with Crippen LogP contribution in [0.4, 0.5) is 0 Å². The van der Waals surface area contributed by atoms with Crippen LogP contribution in [0.15, 0.2) is 10.9 Å². The molecule has 23 heavy (non-hydrogen) atoms. The fraction of sp³-hybridized carbons (Fsp3) is 0.467. The van der Waals surface area contributed by atoms with Crippen LogP contribution in [0.2, 0.25) is 0 Å². The fourth-order valence-electron chi connectivity index (χ4n) is 2.18. The molecule has 2 heterocycles. The van der Waals surface area contributed by atoms with Crippen molar-refractivity contribution >= 4 is 5.91 Å². The van der Waals surface area contributed by atoms with Crippen LogP contribution in [-0.4, -0.2) is 33.2 Å². The second-order valence-corrected chi connectivity index (χ2v) is 5.20. The number of aryl methyl sites for hydroxylation is 2. The van der Waals surface area contributed by atoms with Crippen LogP contribution in [0.25, 0.3) is 0 Å². The van der Waals surface area contributed by atoms with Crippen LogP contribution in [0, 0.1) is 6.92 Å². The molecule has 0 atom stereocenters. The maximum atomic E-state index is 12.0. The Labute approximate surface area is 133 Å². The van der Waals surface area contributed by atoms with E-state index in [0.29, 0.717) is 36.7 Å². The molecule has 0 saturated carbocycles. The van der Waals surface area contributed by atoms with E-state index in [1.807, 2.05) is 13.0 Å². The fourth-order valence-corrected chi connectivity index (χ4v) is 2.18. The number of carbonyl (C=O) groups is 1. The van der Waals surface area contributed by atoms with E-state index in [0.717, 1.165) is 11.4 Å². The van der Waals surface area contributed by atoms with E-state index >= 15 is 0 Å². The Morgan fingerprint density at radius 1 is 1.43 bits per heavy atom. The van der Waals surface area contributed by atoms with Gasteiger partial charge < -0.3 is 15.0 Å². The van der Waals surface area contributed by atoms with Gasteiger partial charge in [0.15, 0.2) is 0 Å². The molecule has 0 aliphatic rings. The zero-order valence-electron chi connectivity index (χ0n) is 13.5. The van der Waals surface area contributed by atoms with Gasteiger partial charge in [-0.2, -0.15) is 5.10 Å². The van der Waals surface area contributed by atoms with E-state index in [1.54, 1.807) is 14.0 Å². The van der Waals surface area contributed by atoms with Gasteiger partial charge in [0.05, 0.1) is 31.0 Å². The minimum atomic E-state index is -0.256. The Kier molecular flexibility index (Phi) is 5.64. The Hall–Kier alpha value is -2.48. The molecule has 2 aromatic heterocycles. The predicted molar refractivity (Wildman–Crippen MR) is 83.8 cm³/mol. The van der Waals surface area contributed by atoms with Crippen molar-refractivity contribution in [2.45, 2.75) is 39.8 Å². The molecular formula is C15H21N5O3. The highest BCUT2D eigenvalue weighted by Gasteiger charge is 2.12. The summed E-state index contributed by atoms with van der Waals surface area (Å²) >= 11 is 0. The minimum Gasteiger partial charge on any atom is -0.378 e. The molecule has 124 valence electrons. The molecule has 0 aromatic carbocycles. The summed E-state index contributed by atoms with van der Waals surface area (Å²) < 4.78 is 4.98. The van der Waals surface area contributed by atoms with Crippen molar-refractivity contribution in [2.75, 3.05) is 7.11 Å². The summed E-state index contributed by atoms with van der Waals surface area (Å²) in [6, 6.07) is 1.82. The summed E-state index contributed by atoms with van der Waals surface area (Å²) in [5.74, 6) is 0.382. The zero-order chi connectivity index (χ0) is 16.8. The van der Waals surface area contributed by atoms with E-state index in [1.165, 1.54) is 0 Å². The number of carbonyl (C=O) groups excluding carboxylic acids is 1. The highest BCUT2D eigenvalue weighted by molar-refractivity contribution is 5.78. The summed E-state index contributed by atoms with van der Waals surface area (Å²) in [5.41, 5.74) is 2.27. The third kappa shape index (κ3) is 4.49. The first-order valence-corrected chi connectivity index (χ1v) is 7.41. The maximum absolute atomic E-state index is 12.0. The normalized spacial score (nSPS) is 10.7. The zero-order valence-corrected chi connectivity index (χ0v) is 13.5. The van der Waals surface area contributed by atoms with Gasteiger partial charge in [0.1, 0.15) is 5.82 Å². The van der Waals surface area contributed by atoms with E-state index in [4.69, 9.17) is 4.74 Å². The van der Waals surface area contributed by atoms with E-state index in [9.17, 15) is 9.59 Å². The standard InChI is InChI=1S/C15H21N5O3/c1-4-13-17-9(2)12(15(22)18-13)6-14(21)16-7-10-5-11(8-23-3)20-19-10/h5H,4,6-8H2,1-3H3,(H,16,21)(H,19,20)(H,17,18,22). The molecule has 0 aliphatic carbocycles. The third-order valence-electron chi connectivity index (χ3n) is 3.40. The minimum absolute atomic E-state index is 0.00275. The second-order valence-electron chi connectivity index (χ2n) is 5.20. The van der Waals surface area contributed by atoms with Crippen molar-refractivity contribution in [3.63, 3.8) is 0 Å². The van der Waals surface area contributed by atoms with Gasteiger partial charge in [-0.15, -0.1) is 0 Å². The van der Waals surface area contributed by atoms with E-state index in [2.05, 4.69) is 25.5 Å². The first-order chi connectivity index (χ1) is 11.0. The third-order valence-corrected chi connectivity index (χ3v) is 3.40. The molecule has 8 nitrogen and oxygen atoms in total. The monoisotopic (exact) mass is 319 g/mol. The summed E-state index contributed by atoms with van der Waals surface area (Å²) in [7, 11) is 1.59. The number of hydrogen-bond donors (Lipinski definition) is 3. The number of hydrogen-bond acceptors (Lipinski definition) is 5. The van der Waals surface area contributed by atoms with Gasteiger partial charge in [-0.3, -0.25) is 14.7 Å². The number of nitrogens with one attached hydrogen (secondary N) is 3. The van der Waals surface area contributed by atoms with Gasteiger partial charge in [0, 0.05) is 24.8 Å². The van der Waals surface area contributed by atoms with E-state index < -0.39 is 0 Å². The lowest BCUT2D eigenvalue weighted by atomic mass is 10.1. The molecule has 0 saturated heterocycles. The largest absolute Gasteiger partial charge is 0.378 e. The first kappa shape index (κ1) is 16.9. The maximum Gasteiger partial charge on any atom is 0.254 e. The highest BCUT2D eigenvalue weighted by atomic mass is 16.5. The molecule has 0 fully saturated rings. The number of ether oxygens (including phenoxy) is 1. The van der Waals surface area contributed by atoms with E-state index in [-0.39, 0.29) is 17.9 Å². The summed E-state index contributed by atoms with van der Waals surface area (Å²) in [6.07, 6.45) is 0.642. The van der Waals surface area contributed by atoms with Crippen molar-refractivity contribution in [2.24, 2.45) is 0 Å². The number of rotatable bonds is 7. The Bertz CT molecular complexity index is 735. The molecule has 0 radical (unpaired) electrons. The molecule has 8 heteroatoms. The Morgan fingerprint density at radius 3 is 2.87 bits per heavy atom. The number of methoxy groups -OCH3 is 1. The first-order valence-electron chi connectivity index (χ1n) is 7.41. The van der Waals surface area contributed by atoms with Gasteiger partial charge >= 0.3 is 0 Å². The summed E-state index contributed by atoms with van der Waals surface area (Å²) in [6.45, 7) is 4.37. The average Bonchev–Trinajstić information content (AvgIpc) is 2.96. The number of H-pyrrole nitrogens is 2. The van der Waals surface area contributed by atoms with Crippen LogP contribution in [0.3, 0.4) is 0 Å². The number of aromatic nitrogens is 4. The summed E-state index contributed by atoms with van der Waals surface area (Å²) in [5, 5.41) is 9.63. The van der Waals surface area contributed by atoms with Crippen molar-refractivity contribution in [3.05, 3.63) is 44.9 Å². The van der Waals surface area contributed by atoms with Crippen LogP contribution in [0.1, 0.15) is 35.4 Å². The predicted octanol–water partition coefficient (Wildman–Crippen LogP) is 0.369. The highest BCUT2D eigenvalue weighted by Crippen LogP contribution is 2.03. The Balaban J connectivity index is 1.95. The van der Waals surface area contributed by atoms with Gasteiger partial charge in [0.25, 0.3) is 5.56 Å². The van der Waals surface area contributed by atoms with Gasteiger partial charge in [-0.05, 0) is 13.0 Å². The lowest BCUT2D eigenvalue weighted by molar-refractivity contribution is -0.120. The molecule has 0 bridgehead atoms. The second kappa shape index (κ2) is 7.68.